The smallest absolute Gasteiger partial charge is 0.356 e. The molecule has 5 heteroatoms. The van der Waals surface area contributed by atoms with E-state index < -0.39 is 5.97 Å². The molecule has 1 aliphatic carbocycles. The van der Waals surface area contributed by atoms with Gasteiger partial charge in [0.25, 0.3) is 5.56 Å². The number of H-pyrrole nitrogens is 1. The molecule has 0 aliphatic heterocycles. The molecule has 2 rings (SSSR count). The molecule has 5 nitrogen and oxygen atoms in total. The lowest BCUT2D eigenvalue weighted by molar-refractivity contribution is 0.0593. The van der Waals surface area contributed by atoms with Gasteiger partial charge in [-0.1, -0.05) is 0 Å². The average Bonchev–Trinajstić information content (AvgIpc) is 2.98. The number of methoxy groups -OCH3 is 1. The van der Waals surface area contributed by atoms with Gasteiger partial charge in [-0.3, -0.25) is 4.79 Å². The molecule has 1 aliphatic rings. The number of hydrogen-bond donors (Lipinski definition) is 1. The zero-order valence-electron chi connectivity index (χ0n) is 7.74. The van der Waals surface area contributed by atoms with Gasteiger partial charge in [-0.2, -0.15) is 0 Å². The Labute approximate surface area is 80.1 Å². The maximum atomic E-state index is 11.2. The van der Waals surface area contributed by atoms with Crippen molar-refractivity contribution in [2.45, 2.75) is 18.8 Å². The summed E-state index contributed by atoms with van der Waals surface area (Å²) < 4.78 is 4.49. The number of nitrogens with zero attached hydrogens (tertiary/aromatic N) is 1. The third-order valence-corrected chi connectivity index (χ3v) is 2.12. The Bertz CT molecular complexity index is 420. The second-order valence-electron chi connectivity index (χ2n) is 3.28. The molecule has 74 valence electrons. The highest BCUT2D eigenvalue weighted by Gasteiger charge is 2.27. The van der Waals surface area contributed by atoms with Gasteiger partial charge in [-0.25, -0.2) is 9.78 Å². The summed E-state index contributed by atoms with van der Waals surface area (Å²) in [4.78, 5) is 28.9. The van der Waals surface area contributed by atoms with Crippen LogP contribution in [-0.4, -0.2) is 23.0 Å². The van der Waals surface area contributed by atoms with Gasteiger partial charge in [0.05, 0.1) is 7.11 Å². The average molecular weight is 194 g/mol. The molecule has 14 heavy (non-hydrogen) atoms. The quantitative estimate of drug-likeness (QED) is 0.693. The van der Waals surface area contributed by atoms with E-state index in [9.17, 15) is 9.59 Å². The second kappa shape index (κ2) is 3.25. The normalized spacial score (nSPS) is 15.2. The van der Waals surface area contributed by atoms with Crippen LogP contribution in [0.3, 0.4) is 0 Å². The molecule has 1 aromatic rings. The van der Waals surface area contributed by atoms with Crippen LogP contribution in [0, 0.1) is 0 Å². The zero-order chi connectivity index (χ0) is 10.1. The number of aromatic amines is 1. The second-order valence-corrected chi connectivity index (χ2v) is 3.28. The summed E-state index contributed by atoms with van der Waals surface area (Å²) in [6.07, 6.45) is 2.04. The Morgan fingerprint density at radius 1 is 1.64 bits per heavy atom. The van der Waals surface area contributed by atoms with Crippen molar-refractivity contribution in [3.05, 3.63) is 27.9 Å². The fourth-order valence-corrected chi connectivity index (χ4v) is 1.24. The van der Waals surface area contributed by atoms with Crippen LogP contribution in [0.25, 0.3) is 0 Å². The standard InChI is InChI=1S/C9H10N2O3/c1-14-9(13)6-4-7(12)11-8(10-6)5-2-3-5/h4-5H,2-3H2,1H3,(H,10,11,12). The van der Waals surface area contributed by atoms with Gasteiger partial charge in [0.2, 0.25) is 0 Å². The topological polar surface area (TPSA) is 72.1 Å². The molecule has 1 aromatic heterocycles. The number of hydrogen-bond acceptors (Lipinski definition) is 4. The van der Waals surface area contributed by atoms with Crippen molar-refractivity contribution < 1.29 is 9.53 Å². The van der Waals surface area contributed by atoms with Crippen molar-refractivity contribution in [3.63, 3.8) is 0 Å². The molecule has 0 radical (unpaired) electrons. The Kier molecular flexibility index (Phi) is 2.07. The molecule has 0 saturated heterocycles. The minimum Gasteiger partial charge on any atom is -0.464 e. The molecule has 1 N–H and O–H groups in total. The molecule has 1 heterocycles. The molecular formula is C9H10N2O3. The Balaban J connectivity index is 2.40. The number of nitrogens with one attached hydrogen (secondary N) is 1. The van der Waals surface area contributed by atoms with E-state index in [2.05, 4.69) is 14.7 Å². The molecule has 0 amide bonds. The summed E-state index contributed by atoms with van der Waals surface area (Å²) in [5.41, 5.74) is -0.222. The van der Waals surface area contributed by atoms with Gasteiger partial charge >= 0.3 is 5.97 Å². The van der Waals surface area contributed by atoms with Crippen molar-refractivity contribution in [2.24, 2.45) is 0 Å². The van der Waals surface area contributed by atoms with Gasteiger partial charge in [0.15, 0.2) is 5.69 Å². The van der Waals surface area contributed by atoms with Crippen LogP contribution in [0.15, 0.2) is 10.9 Å². The van der Waals surface area contributed by atoms with Crippen LogP contribution in [0.4, 0.5) is 0 Å². The molecule has 1 fully saturated rings. The van der Waals surface area contributed by atoms with Crippen molar-refractivity contribution >= 4 is 5.97 Å². The van der Waals surface area contributed by atoms with Gasteiger partial charge in [0, 0.05) is 12.0 Å². The molecule has 0 atom stereocenters. The first-order valence-electron chi connectivity index (χ1n) is 4.40. The lowest BCUT2D eigenvalue weighted by Gasteiger charge is -2.00. The van der Waals surface area contributed by atoms with Crippen LogP contribution in [-0.2, 0) is 4.74 Å². The molecule has 1 saturated carbocycles. The summed E-state index contributed by atoms with van der Waals surface area (Å²) in [5.74, 6) is 0.336. The maximum absolute atomic E-state index is 11.2. The monoisotopic (exact) mass is 194 g/mol. The van der Waals surface area contributed by atoms with Gasteiger partial charge < -0.3 is 9.72 Å². The molecule has 0 bridgehead atoms. The van der Waals surface area contributed by atoms with Gasteiger partial charge in [0.1, 0.15) is 5.82 Å². The first-order chi connectivity index (χ1) is 6.70. The Morgan fingerprint density at radius 2 is 2.36 bits per heavy atom. The van der Waals surface area contributed by atoms with Crippen molar-refractivity contribution in [1.82, 2.24) is 9.97 Å². The minimum absolute atomic E-state index is 0.0816. The van der Waals surface area contributed by atoms with E-state index in [0.29, 0.717) is 11.7 Å². The summed E-state index contributed by atoms with van der Waals surface area (Å²) in [7, 11) is 1.27. The predicted molar refractivity (Wildman–Crippen MR) is 48.2 cm³/mol. The van der Waals surface area contributed by atoms with Crippen LogP contribution < -0.4 is 5.56 Å². The van der Waals surface area contributed by atoms with E-state index in [4.69, 9.17) is 0 Å². The van der Waals surface area contributed by atoms with Crippen molar-refractivity contribution in [1.29, 1.82) is 0 Å². The van der Waals surface area contributed by atoms with E-state index in [-0.39, 0.29) is 11.3 Å². The third-order valence-electron chi connectivity index (χ3n) is 2.12. The van der Waals surface area contributed by atoms with Crippen LogP contribution >= 0.6 is 0 Å². The molecule has 0 aromatic carbocycles. The lowest BCUT2D eigenvalue weighted by atomic mass is 10.3. The minimum atomic E-state index is -0.571. The lowest BCUT2D eigenvalue weighted by Crippen LogP contribution is -2.16. The Morgan fingerprint density at radius 3 is 2.93 bits per heavy atom. The number of rotatable bonds is 2. The van der Waals surface area contributed by atoms with E-state index >= 15 is 0 Å². The number of esters is 1. The van der Waals surface area contributed by atoms with E-state index in [1.165, 1.54) is 7.11 Å². The summed E-state index contributed by atoms with van der Waals surface area (Å²) in [5, 5.41) is 0. The number of ether oxygens (including phenoxy) is 1. The van der Waals surface area contributed by atoms with Crippen molar-refractivity contribution in [2.75, 3.05) is 7.11 Å². The highest BCUT2D eigenvalue weighted by molar-refractivity contribution is 5.86. The number of carbonyl (C=O) groups is 1. The highest BCUT2D eigenvalue weighted by Crippen LogP contribution is 2.37. The third kappa shape index (κ3) is 1.66. The molecular weight excluding hydrogens is 184 g/mol. The fourth-order valence-electron chi connectivity index (χ4n) is 1.24. The van der Waals surface area contributed by atoms with Crippen LogP contribution in [0.1, 0.15) is 35.1 Å². The maximum Gasteiger partial charge on any atom is 0.356 e. The summed E-state index contributed by atoms with van der Waals surface area (Å²) in [6.45, 7) is 0. The van der Waals surface area contributed by atoms with E-state index in [1.807, 2.05) is 0 Å². The highest BCUT2D eigenvalue weighted by atomic mass is 16.5. The van der Waals surface area contributed by atoms with E-state index in [0.717, 1.165) is 18.9 Å². The molecule has 0 spiro atoms. The number of aromatic nitrogens is 2. The van der Waals surface area contributed by atoms with E-state index in [1.54, 1.807) is 0 Å². The first kappa shape index (κ1) is 8.93. The Hall–Kier alpha value is -1.65. The van der Waals surface area contributed by atoms with Crippen molar-refractivity contribution in [3.8, 4) is 0 Å². The van der Waals surface area contributed by atoms with Crippen LogP contribution in [0.5, 0.6) is 0 Å². The number of carbonyl (C=O) groups excluding carboxylic acids is 1. The summed E-state index contributed by atoms with van der Waals surface area (Å²) >= 11 is 0. The van der Waals surface area contributed by atoms with Crippen LogP contribution in [0.2, 0.25) is 0 Å². The first-order valence-corrected chi connectivity index (χ1v) is 4.40. The summed E-state index contributed by atoms with van der Waals surface area (Å²) in [6, 6.07) is 1.15. The zero-order valence-corrected chi connectivity index (χ0v) is 7.74. The van der Waals surface area contributed by atoms with Gasteiger partial charge in [-0.05, 0) is 12.8 Å². The SMILES string of the molecule is COC(=O)c1cc(=O)[nH]c(C2CC2)n1. The predicted octanol–water partition coefficient (Wildman–Crippen LogP) is 0.434. The fraction of sp³-hybridized carbons (Fsp3) is 0.444. The molecule has 0 unspecified atom stereocenters. The largest absolute Gasteiger partial charge is 0.464 e. The van der Waals surface area contributed by atoms with Gasteiger partial charge in [-0.15, -0.1) is 0 Å².